The van der Waals surface area contributed by atoms with Crippen molar-refractivity contribution in [3.63, 3.8) is 0 Å². The molecule has 1 aromatic carbocycles. The van der Waals surface area contributed by atoms with E-state index in [4.69, 9.17) is 4.74 Å². The summed E-state index contributed by atoms with van der Waals surface area (Å²) in [5, 5.41) is 0. The Bertz CT molecular complexity index is 666. The van der Waals surface area contributed by atoms with Crippen molar-refractivity contribution in [2.24, 2.45) is 5.92 Å². The van der Waals surface area contributed by atoms with Crippen LogP contribution in [0.1, 0.15) is 97.2 Å². The molecule has 1 aromatic heterocycles. The lowest BCUT2D eigenvalue weighted by Gasteiger charge is -2.09. The van der Waals surface area contributed by atoms with Gasteiger partial charge in [-0.25, -0.2) is 9.97 Å². The monoisotopic (exact) mass is 410 g/mol. The number of unbranched alkanes of at least 4 members (excludes halogenated alkanes) is 7. The molecule has 0 saturated heterocycles. The van der Waals surface area contributed by atoms with Gasteiger partial charge >= 0.3 is 0 Å². The smallest absolute Gasteiger partial charge is 0.128 e. The zero-order valence-electron chi connectivity index (χ0n) is 19.5. The summed E-state index contributed by atoms with van der Waals surface area (Å²) in [5.41, 5.74) is 2.21. The molecule has 0 aliphatic heterocycles. The Kier molecular flexibility index (Phi) is 12.2. The van der Waals surface area contributed by atoms with Gasteiger partial charge in [-0.2, -0.15) is 0 Å². The van der Waals surface area contributed by atoms with Gasteiger partial charge in [0.15, 0.2) is 0 Å². The molecule has 0 N–H and O–H groups in total. The summed E-state index contributed by atoms with van der Waals surface area (Å²) < 4.78 is 5.90. The SMILES string of the molecule is CCCCCCCCc1ncc(-c2ccc(OCCCCCC(C)CC)cc2)cn1. The van der Waals surface area contributed by atoms with E-state index in [1.54, 1.807) is 0 Å². The summed E-state index contributed by atoms with van der Waals surface area (Å²) in [6.07, 6.45) is 19.0. The van der Waals surface area contributed by atoms with Gasteiger partial charge in [-0.1, -0.05) is 90.7 Å². The minimum absolute atomic E-state index is 0.802. The fourth-order valence-corrected chi connectivity index (χ4v) is 3.61. The molecule has 0 spiro atoms. The Hall–Kier alpha value is -1.90. The van der Waals surface area contributed by atoms with Crippen LogP contribution in [0.2, 0.25) is 0 Å². The molecular weight excluding hydrogens is 368 g/mol. The van der Waals surface area contributed by atoms with Crippen LogP contribution in [-0.2, 0) is 6.42 Å². The second-order valence-electron chi connectivity index (χ2n) is 8.64. The Balaban J connectivity index is 1.67. The first-order valence-corrected chi connectivity index (χ1v) is 12.3. The van der Waals surface area contributed by atoms with Crippen molar-refractivity contribution >= 4 is 0 Å². The number of nitrogens with zero attached hydrogens (tertiary/aromatic N) is 2. The predicted octanol–water partition coefficient (Wildman–Crippen LogP) is 8.03. The Morgan fingerprint density at radius 1 is 0.767 bits per heavy atom. The number of benzene rings is 1. The maximum absolute atomic E-state index is 5.90. The zero-order valence-corrected chi connectivity index (χ0v) is 19.5. The zero-order chi connectivity index (χ0) is 21.4. The van der Waals surface area contributed by atoms with Gasteiger partial charge in [-0.15, -0.1) is 0 Å². The summed E-state index contributed by atoms with van der Waals surface area (Å²) in [7, 11) is 0. The predicted molar refractivity (Wildman–Crippen MR) is 128 cm³/mol. The minimum atomic E-state index is 0.802. The molecule has 3 nitrogen and oxygen atoms in total. The van der Waals surface area contributed by atoms with Crippen molar-refractivity contribution in [3.8, 4) is 16.9 Å². The quantitative estimate of drug-likeness (QED) is 0.263. The van der Waals surface area contributed by atoms with Gasteiger partial charge < -0.3 is 4.74 Å². The van der Waals surface area contributed by atoms with E-state index in [-0.39, 0.29) is 0 Å². The Morgan fingerprint density at radius 3 is 2.13 bits per heavy atom. The van der Waals surface area contributed by atoms with Gasteiger partial charge in [0.2, 0.25) is 0 Å². The average molecular weight is 411 g/mol. The molecule has 0 aliphatic rings. The van der Waals surface area contributed by atoms with Gasteiger partial charge in [0.25, 0.3) is 0 Å². The van der Waals surface area contributed by atoms with Crippen LogP contribution in [0.3, 0.4) is 0 Å². The molecule has 2 rings (SSSR count). The molecule has 1 unspecified atom stereocenters. The maximum Gasteiger partial charge on any atom is 0.128 e. The van der Waals surface area contributed by atoms with Gasteiger partial charge in [0.05, 0.1) is 6.61 Å². The molecule has 0 saturated carbocycles. The van der Waals surface area contributed by atoms with Crippen LogP contribution in [0.15, 0.2) is 36.7 Å². The molecule has 0 fully saturated rings. The summed E-state index contributed by atoms with van der Waals surface area (Å²) in [5.74, 6) is 2.76. The molecule has 0 bridgehead atoms. The van der Waals surface area contributed by atoms with Crippen molar-refractivity contribution in [3.05, 3.63) is 42.5 Å². The highest BCUT2D eigenvalue weighted by Crippen LogP contribution is 2.22. The molecular formula is C27H42N2O. The highest BCUT2D eigenvalue weighted by molar-refractivity contribution is 5.62. The van der Waals surface area contributed by atoms with Crippen molar-refractivity contribution in [2.75, 3.05) is 6.61 Å². The normalized spacial score (nSPS) is 12.1. The summed E-state index contributed by atoms with van der Waals surface area (Å²) in [4.78, 5) is 9.13. The van der Waals surface area contributed by atoms with E-state index in [2.05, 4.69) is 55.0 Å². The van der Waals surface area contributed by atoms with Crippen LogP contribution in [0.4, 0.5) is 0 Å². The molecule has 0 aliphatic carbocycles. The van der Waals surface area contributed by atoms with Crippen LogP contribution >= 0.6 is 0 Å². The number of hydrogen-bond donors (Lipinski definition) is 0. The Morgan fingerprint density at radius 2 is 1.43 bits per heavy atom. The van der Waals surface area contributed by atoms with Crippen LogP contribution in [0, 0.1) is 5.92 Å². The molecule has 2 aromatic rings. The van der Waals surface area contributed by atoms with E-state index in [9.17, 15) is 0 Å². The third-order valence-electron chi connectivity index (χ3n) is 5.95. The van der Waals surface area contributed by atoms with Crippen LogP contribution in [-0.4, -0.2) is 16.6 Å². The highest BCUT2D eigenvalue weighted by Gasteiger charge is 2.03. The third-order valence-corrected chi connectivity index (χ3v) is 5.95. The molecule has 0 amide bonds. The van der Waals surface area contributed by atoms with Gasteiger partial charge in [-0.05, 0) is 36.5 Å². The first kappa shape index (κ1) is 24.4. The molecule has 3 heteroatoms. The summed E-state index contributed by atoms with van der Waals surface area (Å²) in [6.45, 7) is 7.67. The minimum Gasteiger partial charge on any atom is -0.494 e. The fraction of sp³-hybridized carbons (Fsp3) is 0.630. The van der Waals surface area contributed by atoms with Gasteiger partial charge in [0, 0.05) is 24.4 Å². The molecule has 1 heterocycles. The number of rotatable bonds is 16. The van der Waals surface area contributed by atoms with Crippen molar-refractivity contribution < 1.29 is 4.74 Å². The lowest BCUT2D eigenvalue weighted by atomic mass is 10.0. The largest absolute Gasteiger partial charge is 0.494 e. The molecule has 1 atom stereocenters. The van der Waals surface area contributed by atoms with Gasteiger partial charge in [-0.3, -0.25) is 0 Å². The average Bonchev–Trinajstić information content (AvgIpc) is 2.79. The second kappa shape index (κ2) is 15.0. The number of hydrogen-bond acceptors (Lipinski definition) is 3. The van der Waals surface area contributed by atoms with Crippen molar-refractivity contribution in [1.29, 1.82) is 0 Å². The maximum atomic E-state index is 5.90. The van der Waals surface area contributed by atoms with E-state index >= 15 is 0 Å². The van der Waals surface area contributed by atoms with Crippen molar-refractivity contribution in [1.82, 2.24) is 9.97 Å². The summed E-state index contributed by atoms with van der Waals surface area (Å²) >= 11 is 0. The van der Waals surface area contributed by atoms with Crippen LogP contribution < -0.4 is 4.74 Å². The van der Waals surface area contributed by atoms with Crippen molar-refractivity contribution in [2.45, 2.75) is 97.8 Å². The molecule has 0 radical (unpaired) electrons. The second-order valence-corrected chi connectivity index (χ2v) is 8.64. The van der Waals surface area contributed by atoms with E-state index in [0.29, 0.717) is 0 Å². The summed E-state index contributed by atoms with van der Waals surface area (Å²) in [6, 6.07) is 8.31. The first-order chi connectivity index (χ1) is 14.7. The first-order valence-electron chi connectivity index (χ1n) is 12.3. The Labute approximate surface area is 184 Å². The number of aryl methyl sites for hydroxylation is 1. The lowest BCUT2D eigenvalue weighted by molar-refractivity contribution is 0.302. The fourth-order valence-electron chi connectivity index (χ4n) is 3.61. The third kappa shape index (κ3) is 9.73. The van der Waals surface area contributed by atoms with Gasteiger partial charge in [0.1, 0.15) is 11.6 Å². The van der Waals surface area contributed by atoms with E-state index < -0.39 is 0 Å². The van der Waals surface area contributed by atoms with E-state index in [0.717, 1.165) is 48.1 Å². The number of ether oxygens (including phenoxy) is 1. The standard InChI is InChI=1S/C27H42N2O/c1-4-6-7-8-9-12-15-27-28-21-25(22-29-27)24-16-18-26(19-17-24)30-20-13-10-11-14-23(3)5-2/h16-19,21-23H,4-15,20H2,1-3H3. The molecule has 30 heavy (non-hydrogen) atoms. The topological polar surface area (TPSA) is 35.0 Å². The molecule has 166 valence electrons. The number of aromatic nitrogens is 2. The lowest BCUT2D eigenvalue weighted by Crippen LogP contribution is -1.98. The highest BCUT2D eigenvalue weighted by atomic mass is 16.5. The van der Waals surface area contributed by atoms with E-state index in [1.807, 2.05) is 12.4 Å². The van der Waals surface area contributed by atoms with Crippen LogP contribution in [0.25, 0.3) is 11.1 Å². The van der Waals surface area contributed by atoms with Crippen LogP contribution in [0.5, 0.6) is 5.75 Å². The van der Waals surface area contributed by atoms with E-state index in [1.165, 1.54) is 64.2 Å².